The zero-order chi connectivity index (χ0) is 17.5. The Balaban J connectivity index is 2.24. The minimum absolute atomic E-state index is 0.0612. The zero-order valence-corrected chi connectivity index (χ0v) is 14.7. The van der Waals surface area contributed by atoms with E-state index in [1.165, 1.54) is 0 Å². The van der Waals surface area contributed by atoms with Crippen LogP contribution in [0, 0.1) is 5.41 Å². The molecule has 0 radical (unpaired) electrons. The molecule has 0 spiro atoms. The van der Waals surface area contributed by atoms with Crippen LogP contribution in [-0.4, -0.2) is 66.9 Å². The monoisotopic (exact) mass is 329 g/mol. The van der Waals surface area contributed by atoms with Gasteiger partial charge in [-0.1, -0.05) is 20.8 Å². The molecule has 0 aromatic carbocycles. The SMILES string of the molecule is CCOCC(C)(C)CNC(=O)NC1CC(N(CC)CC(=O)O)C1. The number of carboxylic acid groups (broad SMARTS) is 1. The fourth-order valence-electron chi connectivity index (χ4n) is 2.66. The van der Waals surface area contributed by atoms with Crippen molar-refractivity contribution in [2.75, 3.05) is 32.8 Å². The first-order chi connectivity index (χ1) is 10.8. The fraction of sp³-hybridized carbons (Fsp3) is 0.875. The van der Waals surface area contributed by atoms with E-state index in [1.807, 2.05) is 32.6 Å². The third-order valence-corrected chi connectivity index (χ3v) is 4.13. The molecule has 0 bridgehead atoms. The van der Waals surface area contributed by atoms with E-state index in [2.05, 4.69) is 10.6 Å². The standard InChI is InChI=1S/C16H31N3O4/c1-5-19(9-14(20)21)13-7-12(8-13)18-15(22)17-10-16(3,4)11-23-6-2/h12-13H,5-11H2,1-4H3,(H,20,21)(H2,17,18,22). The van der Waals surface area contributed by atoms with Crippen LogP contribution in [0.3, 0.4) is 0 Å². The highest BCUT2D eigenvalue weighted by Gasteiger charge is 2.34. The summed E-state index contributed by atoms with van der Waals surface area (Å²) in [5.74, 6) is -0.808. The highest BCUT2D eigenvalue weighted by molar-refractivity contribution is 5.74. The Bertz CT molecular complexity index is 395. The van der Waals surface area contributed by atoms with Gasteiger partial charge in [-0.05, 0) is 26.3 Å². The van der Waals surface area contributed by atoms with E-state index in [1.54, 1.807) is 0 Å². The Morgan fingerprint density at radius 1 is 1.30 bits per heavy atom. The third-order valence-electron chi connectivity index (χ3n) is 4.13. The molecule has 7 nitrogen and oxygen atoms in total. The topological polar surface area (TPSA) is 90.9 Å². The molecule has 0 saturated heterocycles. The van der Waals surface area contributed by atoms with Crippen LogP contribution in [0.15, 0.2) is 0 Å². The van der Waals surface area contributed by atoms with Gasteiger partial charge in [0.05, 0.1) is 13.2 Å². The lowest BCUT2D eigenvalue weighted by molar-refractivity contribution is -0.139. The van der Waals surface area contributed by atoms with Gasteiger partial charge < -0.3 is 20.5 Å². The van der Waals surface area contributed by atoms with Crippen LogP contribution in [0.1, 0.15) is 40.5 Å². The Morgan fingerprint density at radius 3 is 2.48 bits per heavy atom. The van der Waals surface area contributed by atoms with Crippen molar-refractivity contribution in [1.29, 1.82) is 0 Å². The lowest BCUT2D eigenvalue weighted by Crippen LogP contribution is -2.56. The number of aliphatic carboxylic acids is 1. The van der Waals surface area contributed by atoms with Gasteiger partial charge in [-0.2, -0.15) is 0 Å². The van der Waals surface area contributed by atoms with E-state index in [0.717, 1.165) is 12.8 Å². The number of carbonyl (C=O) groups excluding carboxylic acids is 1. The highest BCUT2D eigenvalue weighted by Crippen LogP contribution is 2.25. The number of rotatable bonds is 10. The van der Waals surface area contributed by atoms with E-state index < -0.39 is 5.97 Å². The molecule has 0 aliphatic heterocycles. The van der Waals surface area contributed by atoms with Crippen LogP contribution in [-0.2, 0) is 9.53 Å². The first-order valence-electron chi connectivity index (χ1n) is 8.35. The predicted molar refractivity (Wildman–Crippen MR) is 88.5 cm³/mol. The number of nitrogens with one attached hydrogen (secondary N) is 2. The molecule has 7 heteroatoms. The van der Waals surface area contributed by atoms with Crippen LogP contribution in [0.4, 0.5) is 4.79 Å². The molecule has 0 atom stereocenters. The molecule has 3 N–H and O–H groups in total. The predicted octanol–water partition coefficient (Wildman–Crippen LogP) is 1.29. The molecular formula is C16H31N3O4. The number of hydrogen-bond donors (Lipinski definition) is 3. The molecule has 1 aliphatic carbocycles. The van der Waals surface area contributed by atoms with Crippen LogP contribution in [0.5, 0.6) is 0 Å². The van der Waals surface area contributed by atoms with Crippen molar-refractivity contribution in [3.8, 4) is 0 Å². The average molecular weight is 329 g/mol. The van der Waals surface area contributed by atoms with Gasteiger partial charge in [0.2, 0.25) is 0 Å². The maximum absolute atomic E-state index is 11.9. The summed E-state index contributed by atoms with van der Waals surface area (Å²) in [5, 5.41) is 14.7. The maximum Gasteiger partial charge on any atom is 0.317 e. The van der Waals surface area contributed by atoms with Gasteiger partial charge in [0.15, 0.2) is 0 Å². The quantitative estimate of drug-likeness (QED) is 0.562. The molecule has 1 saturated carbocycles. The summed E-state index contributed by atoms with van der Waals surface area (Å²) in [4.78, 5) is 24.6. The molecular weight excluding hydrogens is 298 g/mol. The Hall–Kier alpha value is -1.34. The number of carboxylic acids is 1. The van der Waals surface area contributed by atoms with E-state index in [0.29, 0.717) is 26.3 Å². The number of carbonyl (C=O) groups is 2. The Morgan fingerprint density at radius 2 is 1.96 bits per heavy atom. The van der Waals surface area contributed by atoms with Gasteiger partial charge in [0.1, 0.15) is 0 Å². The normalized spacial score (nSPS) is 20.9. The summed E-state index contributed by atoms with van der Waals surface area (Å²) < 4.78 is 5.40. The molecule has 1 rings (SSSR count). The van der Waals surface area contributed by atoms with Gasteiger partial charge in [-0.15, -0.1) is 0 Å². The van der Waals surface area contributed by atoms with E-state index >= 15 is 0 Å². The average Bonchev–Trinajstić information content (AvgIpc) is 2.44. The van der Waals surface area contributed by atoms with Crippen molar-refractivity contribution < 1.29 is 19.4 Å². The number of amides is 2. The second kappa shape index (κ2) is 9.08. The van der Waals surface area contributed by atoms with Crippen molar-refractivity contribution in [3.05, 3.63) is 0 Å². The highest BCUT2D eigenvalue weighted by atomic mass is 16.5. The van der Waals surface area contributed by atoms with Gasteiger partial charge in [-0.25, -0.2) is 4.79 Å². The number of hydrogen-bond acceptors (Lipinski definition) is 4. The lowest BCUT2D eigenvalue weighted by atomic mass is 9.85. The van der Waals surface area contributed by atoms with Crippen LogP contribution in [0.25, 0.3) is 0 Å². The molecule has 0 aromatic rings. The minimum Gasteiger partial charge on any atom is -0.480 e. The van der Waals surface area contributed by atoms with Crippen molar-refractivity contribution in [1.82, 2.24) is 15.5 Å². The number of nitrogens with zero attached hydrogens (tertiary/aromatic N) is 1. The first-order valence-corrected chi connectivity index (χ1v) is 8.35. The molecule has 0 aromatic heterocycles. The first kappa shape index (κ1) is 19.7. The van der Waals surface area contributed by atoms with Crippen LogP contribution >= 0.6 is 0 Å². The Labute approximate surface area is 138 Å². The van der Waals surface area contributed by atoms with Gasteiger partial charge >= 0.3 is 12.0 Å². The summed E-state index contributed by atoms with van der Waals surface area (Å²) in [7, 11) is 0. The molecule has 2 amide bonds. The Kier molecular flexibility index (Phi) is 7.78. The number of likely N-dealkylation sites (N-methyl/N-ethyl adjacent to an activating group) is 1. The molecule has 134 valence electrons. The van der Waals surface area contributed by atoms with Crippen molar-refractivity contribution >= 4 is 12.0 Å². The summed E-state index contributed by atoms with van der Waals surface area (Å²) in [6.07, 6.45) is 1.60. The van der Waals surface area contributed by atoms with Crippen molar-refractivity contribution in [3.63, 3.8) is 0 Å². The second-order valence-corrected chi connectivity index (χ2v) is 6.91. The lowest BCUT2D eigenvalue weighted by Gasteiger charge is -2.42. The molecule has 0 heterocycles. The van der Waals surface area contributed by atoms with E-state index in [4.69, 9.17) is 9.84 Å². The molecule has 0 unspecified atom stereocenters. The largest absolute Gasteiger partial charge is 0.480 e. The third kappa shape index (κ3) is 7.18. The maximum atomic E-state index is 11.9. The zero-order valence-electron chi connectivity index (χ0n) is 14.7. The molecule has 23 heavy (non-hydrogen) atoms. The fourth-order valence-corrected chi connectivity index (χ4v) is 2.66. The van der Waals surface area contributed by atoms with E-state index in [-0.39, 0.29) is 30.1 Å². The van der Waals surface area contributed by atoms with Crippen molar-refractivity contribution in [2.45, 2.75) is 52.6 Å². The number of ether oxygens (including phenoxy) is 1. The molecule has 1 fully saturated rings. The molecule has 1 aliphatic rings. The van der Waals surface area contributed by atoms with E-state index in [9.17, 15) is 9.59 Å². The van der Waals surface area contributed by atoms with Gasteiger partial charge in [0.25, 0.3) is 0 Å². The summed E-state index contributed by atoms with van der Waals surface area (Å²) in [6.45, 7) is 10.6. The summed E-state index contributed by atoms with van der Waals surface area (Å²) in [6, 6.07) is 0.202. The summed E-state index contributed by atoms with van der Waals surface area (Å²) in [5.41, 5.74) is -0.101. The smallest absolute Gasteiger partial charge is 0.317 e. The van der Waals surface area contributed by atoms with Gasteiger partial charge in [0, 0.05) is 30.7 Å². The van der Waals surface area contributed by atoms with Gasteiger partial charge in [-0.3, -0.25) is 9.69 Å². The van der Waals surface area contributed by atoms with Crippen LogP contribution in [0.2, 0.25) is 0 Å². The summed E-state index contributed by atoms with van der Waals surface area (Å²) >= 11 is 0. The van der Waals surface area contributed by atoms with Crippen LogP contribution < -0.4 is 10.6 Å². The minimum atomic E-state index is -0.808. The second-order valence-electron chi connectivity index (χ2n) is 6.91. The number of urea groups is 1. The van der Waals surface area contributed by atoms with Crippen molar-refractivity contribution in [2.24, 2.45) is 5.41 Å².